The lowest BCUT2D eigenvalue weighted by molar-refractivity contribution is 0.408. The van der Waals surface area contributed by atoms with E-state index in [1.807, 2.05) is 31.2 Å². The van der Waals surface area contributed by atoms with Gasteiger partial charge in [0, 0.05) is 10.6 Å². The van der Waals surface area contributed by atoms with Gasteiger partial charge in [-0.15, -0.1) is 0 Å². The maximum atomic E-state index is 6.29. The van der Waals surface area contributed by atoms with Crippen LogP contribution in [0.1, 0.15) is 29.7 Å². The maximum absolute atomic E-state index is 6.29. The summed E-state index contributed by atoms with van der Waals surface area (Å²) in [6, 6.07) is 9.90. The summed E-state index contributed by atoms with van der Waals surface area (Å²) in [6.45, 7) is 6.07. The summed E-state index contributed by atoms with van der Waals surface area (Å²) in [5.74, 6) is 0.856. The molecule has 0 saturated heterocycles. The molecule has 0 heterocycles. The Labute approximate surface area is 136 Å². The van der Waals surface area contributed by atoms with Gasteiger partial charge in [-0.1, -0.05) is 40.9 Å². The predicted octanol–water partition coefficient (Wildman–Crippen LogP) is 5.79. The Bertz CT molecular complexity index is 655. The number of benzene rings is 2. The molecular weight excluding hydrogens is 305 g/mol. The molecule has 2 aromatic carbocycles. The number of rotatable bonds is 4. The van der Waals surface area contributed by atoms with Crippen molar-refractivity contribution in [2.75, 3.05) is 12.4 Å². The lowest BCUT2D eigenvalue weighted by atomic mass is 10.0. The van der Waals surface area contributed by atoms with Crippen LogP contribution in [-0.2, 0) is 0 Å². The highest BCUT2D eigenvalue weighted by Gasteiger charge is 2.14. The quantitative estimate of drug-likeness (QED) is 0.768. The SMILES string of the molecule is COc1ccc(C)cc1C(C)Nc1cc(Cl)c(C)cc1Cl. The monoisotopic (exact) mass is 323 g/mol. The van der Waals surface area contributed by atoms with Gasteiger partial charge in [0.05, 0.1) is 23.9 Å². The third kappa shape index (κ3) is 3.63. The van der Waals surface area contributed by atoms with Crippen molar-refractivity contribution in [2.24, 2.45) is 0 Å². The van der Waals surface area contributed by atoms with E-state index in [1.165, 1.54) is 5.56 Å². The molecule has 0 radical (unpaired) electrons. The van der Waals surface area contributed by atoms with Crippen LogP contribution in [-0.4, -0.2) is 7.11 Å². The molecule has 4 heteroatoms. The van der Waals surface area contributed by atoms with Crippen LogP contribution >= 0.6 is 23.2 Å². The first-order chi connectivity index (χ1) is 9.92. The fraction of sp³-hybridized carbons (Fsp3) is 0.294. The van der Waals surface area contributed by atoms with Crippen LogP contribution in [0.4, 0.5) is 5.69 Å². The molecule has 2 aromatic rings. The average Bonchev–Trinajstić information content (AvgIpc) is 2.44. The Morgan fingerprint density at radius 1 is 1.05 bits per heavy atom. The van der Waals surface area contributed by atoms with Gasteiger partial charge in [-0.3, -0.25) is 0 Å². The van der Waals surface area contributed by atoms with Crippen LogP contribution in [0.15, 0.2) is 30.3 Å². The van der Waals surface area contributed by atoms with Gasteiger partial charge in [-0.05, 0) is 44.5 Å². The van der Waals surface area contributed by atoms with Crippen molar-refractivity contribution >= 4 is 28.9 Å². The van der Waals surface area contributed by atoms with E-state index < -0.39 is 0 Å². The number of ether oxygens (including phenoxy) is 1. The van der Waals surface area contributed by atoms with Gasteiger partial charge in [0.25, 0.3) is 0 Å². The molecule has 1 atom stereocenters. The first-order valence-electron chi connectivity index (χ1n) is 6.79. The third-order valence-electron chi connectivity index (χ3n) is 3.47. The third-order valence-corrected chi connectivity index (χ3v) is 4.19. The lowest BCUT2D eigenvalue weighted by Gasteiger charge is -2.20. The second kappa shape index (κ2) is 6.59. The van der Waals surface area contributed by atoms with Gasteiger partial charge < -0.3 is 10.1 Å². The van der Waals surface area contributed by atoms with Crippen LogP contribution in [0.2, 0.25) is 10.0 Å². The second-order valence-corrected chi connectivity index (χ2v) is 6.01. The Hall–Kier alpha value is -1.38. The minimum Gasteiger partial charge on any atom is -0.496 e. The van der Waals surface area contributed by atoms with Crippen LogP contribution < -0.4 is 10.1 Å². The van der Waals surface area contributed by atoms with Crippen molar-refractivity contribution in [3.63, 3.8) is 0 Å². The van der Waals surface area contributed by atoms with Gasteiger partial charge in [0.2, 0.25) is 0 Å². The molecule has 1 unspecified atom stereocenters. The summed E-state index contributed by atoms with van der Waals surface area (Å²) in [5, 5.41) is 4.76. The molecule has 0 aromatic heterocycles. The zero-order valence-electron chi connectivity index (χ0n) is 12.6. The molecule has 0 amide bonds. The molecule has 0 aliphatic carbocycles. The fourth-order valence-electron chi connectivity index (χ4n) is 2.26. The predicted molar refractivity (Wildman–Crippen MR) is 91.0 cm³/mol. The summed E-state index contributed by atoms with van der Waals surface area (Å²) in [4.78, 5) is 0. The largest absolute Gasteiger partial charge is 0.496 e. The number of nitrogens with one attached hydrogen (secondary N) is 1. The summed E-state index contributed by atoms with van der Waals surface area (Å²) < 4.78 is 5.43. The van der Waals surface area contributed by atoms with E-state index in [-0.39, 0.29) is 6.04 Å². The Morgan fingerprint density at radius 2 is 1.76 bits per heavy atom. The smallest absolute Gasteiger partial charge is 0.124 e. The Balaban J connectivity index is 2.32. The minimum atomic E-state index is 0.0520. The summed E-state index contributed by atoms with van der Waals surface area (Å²) in [5.41, 5.74) is 4.06. The van der Waals surface area contributed by atoms with Gasteiger partial charge in [0.15, 0.2) is 0 Å². The zero-order chi connectivity index (χ0) is 15.6. The van der Waals surface area contributed by atoms with Crippen molar-refractivity contribution < 1.29 is 4.74 Å². The molecule has 0 spiro atoms. The summed E-state index contributed by atoms with van der Waals surface area (Å²) >= 11 is 12.5. The van der Waals surface area contributed by atoms with E-state index >= 15 is 0 Å². The molecule has 0 bridgehead atoms. The van der Waals surface area contributed by atoms with Crippen molar-refractivity contribution in [1.82, 2.24) is 0 Å². The standard InChI is InChI=1S/C17H19Cl2NO/c1-10-5-6-17(21-4)13(7-10)12(3)20-16-9-14(18)11(2)8-15(16)19/h5-9,12,20H,1-4H3. The van der Waals surface area contributed by atoms with Crippen LogP contribution in [0.25, 0.3) is 0 Å². The zero-order valence-corrected chi connectivity index (χ0v) is 14.1. The Kier molecular flexibility index (Phi) is 5.02. The molecule has 0 fully saturated rings. The first-order valence-corrected chi connectivity index (χ1v) is 7.54. The van der Waals surface area contributed by atoms with Crippen LogP contribution in [0.3, 0.4) is 0 Å². The van der Waals surface area contributed by atoms with Gasteiger partial charge in [-0.25, -0.2) is 0 Å². The molecular formula is C17H19Cl2NO. The van der Waals surface area contributed by atoms with Crippen molar-refractivity contribution in [3.05, 3.63) is 57.1 Å². The molecule has 112 valence electrons. The van der Waals surface area contributed by atoms with E-state index in [0.717, 1.165) is 22.6 Å². The van der Waals surface area contributed by atoms with E-state index in [2.05, 4.69) is 25.2 Å². The number of halogens is 2. The van der Waals surface area contributed by atoms with E-state index in [0.29, 0.717) is 10.0 Å². The molecule has 21 heavy (non-hydrogen) atoms. The highest BCUT2D eigenvalue weighted by Crippen LogP contribution is 2.33. The van der Waals surface area contributed by atoms with Crippen molar-refractivity contribution in [1.29, 1.82) is 0 Å². The normalized spacial score (nSPS) is 12.1. The summed E-state index contributed by atoms with van der Waals surface area (Å²) in [6.07, 6.45) is 0. The Morgan fingerprint density at radius 3 is 2.43 bits per heavy atom. The highest BCUT2D eigenvalue weighted by atomic mass is 35.5. The molecule has 0 saturated carbocycles. The van der Waals surface area contributed by atoms with Gasteiger partial charge >= 0.3 is 0 Å². The van der Waals surface area contributed by atoms with Crippen LogP contribution in [0.5, 0.6) is 5.75 Å². The molecule has 0 aliphatic rings. The topological polar surface area (TPSA) is 21.3 Å². The van der Waals surface area contributed by atoms with Crippen LogP contribution in [0, 0.1) is 13.8 Å². The number of anilines is 1. The van der Waals surface area contributed by atoms with E-state index in [1.54, 1.807) is 7.11 Å². The second-order valence-electron chi connectivity index (χ2n) is 5.19. The number of hydrogen-bond donors (Lipinski definition) is 1. The molecule has 1 N–H and O–H groups in total. The number of hydrogen-bond acceptors (Lipinski definition) is 2. The number of aryl methyl sites for hydroxylation is 2. The van der Waals surface area contributed by atoms with E-state index in [9.17, 15) is 0 Å². The molecule has 2 nitrogen and oxygen atoms in total. The molecule has 2 rings (SSSR count). The maximum Gasteiger partial charge on any atom is 0.124 e. The minimum absolute atomic E-state index is 0.0520. The van der Waals surface area contributed by atoms with Crippen molar-refractivity contribution in [3.8, 4) is 5.75 Å². The van der Waals surface area contributed by atoms with Gasteiger partial charge in [0.1, 0.15) is 5.75 Å². The fourth-order valence-corrected chi connectivity index (χ4v) is 2.70. The molecule has 0 aliphatic heterocycles. The number of methoxy groups -OCH3 is 1. The summed E-state index contributed by atoms with van der Waals surface area (Å²) in [7, 11) is 1.68. The van der Waals surface area contributed by atoms with E-state index in [4.69, 9.17) is 27.9 Å². The lowest BCUT2D eigenvalue weighted by Crippen LogP contribution is -2.09. The van der Waals surface area contributed by atoms with Crippen molar-refractivity contribution in [2.45, 2.75) is 26.8 Å². The average molecular weight is 324 g/mol. The highest BCUT2D eigenvalue weighted by molar-refractivity contribution is 6.35. The first kappa shape index (κ1) is 16.0. The van der Waals surface area contributed by atoms with Gasteiger partial charge in [-0.2, -0.15) is 0 Å².